The molecule has 0 saturated carbocycles. The summed E-state index contributed by atoms with van der Waals surface area (Å²) in [6.45, 7) is 2.45. The second-order valence-electron chi connectivity index (χ2n) is 5.05. The van der Waals surface area contributed by atoms with Gasteiger partial charge in [0.15, 0.2) is 6.29 Å². The summed E-state index contributed by atoms with van der Waals surface area (Å²) in [5.41, 5.74) is 0.205. The summed E-state index contributed by atoms with van der Waals surface area (Å²) in [5, 5.41) is 3.02. The highest BCUT2D eigenvalue weighted by Gasteiger charge is 2.40. The van der Waals surface area contributed by atoms with Gasteiger partial charge in [-0.3, -0.25) is 24.6 Å². The van der Waals surface area contributed by atoms with Crippen molar-refractivity contribution in [1.29, 1.82) is 0 Å². The summed E-state index contributed by atoms with van der Waals surface area (Å²) in [5.74, 6) is -0.454. The quantitative estimate of drug-likeness (QED) is 0.573. The van der Waals surface area contributed by atoms with Crippen LogP contribution in [0.4, 0.5) is 0 Å². The van der Waals surface area contributed by atoms with Crippen molar-refractivity contribution >= 4 is 12.1 Å². The molecule has 0 aromatic carbocycles. The van der Waals surface area contributed by atoms with E-state index in [-0.39, 0.29) is 5.56 Å². The van der Waals surface area contributed by atoms with E-state index in [1.165, 1.54) is 6.07 Å². The maximum Gasteiger partial charge on any atom is 0.248 e. The van der Waals surface area contributed by atoms with E-state index in [2.05, 4.69) is 10.3 Å². The van der Waals surface area contributed by atoms with Crippen molar-refractivity contribution in [3.05, 3.63) is 34.2 Å². The highest BCUT2D eigenvalue weighted by Crippen LogP contribution is 2.33. The Bertz CT molecular complexity index is 554. The van der Waals surface area contributed by atoms with Gasteiger partial charge in [0, 0.05) is 24.5 Å². The molecular formula is C13H17N3O3. The van der Waals surface area contributed by atoms with Crippen LogP contribution in [0.1, 0.15) is 18.9 Å². The van der Waals surface area contributed by atoms with Crippen LogP contribution >= 0.6 is 0 Å². The van der Waals surface area contributed by atoms with E-state index in [1.54, 1.807) is 6.20 Å². The molecule has 1 aliphatic rings. The largest absolute Gasteiger partial charge is 0.329 e. The predicted molar refractivity (Wildman–Crippen MR) is 69.7 cm³/mol. The molecule has 102 valence electrons. The van der Waals surface area contributed by atoms with Crippen LogP contribution in [0.5, 0.6) is 0 Å². The van der Waals surface area contributed by atoms with Crippen LogP contribution in [0.3, 0.4) is 0 Å². The van der Waals surface area contributed by atoms with Crippen LogP contribution < -0.4 is 10.9 Å². The first-order valence-electron chi connectivity index (χ1n) is 6.10. The number of nitrogens with one attached hydrogen (secondary N) is 2. The van der Waals surface area contributed by atoms with E-state index >= 15 is 0 Å². The monoisotopic (exact) mass is 263 g/mol. The molecule has 6 nitrogen and oxygen atoms in total. The Morgan fingerprint density at radius 1 is 1.58 bits per heavy atom. The number of H-pyrrole nitrogens is 1. The Morgan fingerprint density at radius 2 is 2.32 bits per heavy atom. The summed E-state index contributed by atoms with van der Waals surface area (Å²) in [6.07, 6.45) is 2.39. The Kier molecular flexibility index (Phi) is 3.64. The van der Waals surface area contributed by atoms with Crippen LogP contribution in [-0.4, -0.2) is 41.7 Å². The third kappa shape index (κ3) is 2.50. The first kappa shape index (κ1) is 13.6. The van der Waals surface area contributed by atoms with E-state index in [9.17, 15) is 14.4 Å². The van der Waals surface area contributed by atoms with Gasteiger partial charge in [-0.1, -0.05) is 0 Å². The second kappa shape index (κ2) is 5.07. The number of aromatic amines is 1. The van der Waals surface area contributed by atoms with Crippen molar-refractivity contribution in [3.8, 4) is 0 Å². The topological polar surface area (TPSA) is 82.3 Å². The van der Waals surface area contributed by atoms with Crippen LogP contribution in [0, 0.1) is 0 Å². The molecule has 0 aliphatic carbocycles. The van der Waals surface area contributed by atoms with Gasteiger partial charge in [0.05, 0.1) is 6.04 Å². The number of hydrogen-bond donors (Lipinski definition) is 2. The Balaban J connectivity index is 2.36. The number of aldehydes is 1. The zero-order valence-corrected chi connectivity index (χ0v) is 11.0. The van der Waals surface area contributed by atoms with Crippen molar-refractivity contribution in [2.45, 2.75) is 24.9 Å². The lowest BCUT2D eigenvalue weighted by Crippen LogP contribution is -2.59. The summed E-state index contributed by atoms with van der Waals surface area (Å²) < 4.78 is 0. The fraction of sp³-hybridized carbons (Fsp3) is 0.462. The molecule has 0 amide bonds. The summed E-state index contributed by atoms with van der Waals surface area (Å²) in [7, 11) is 1.91. The van der Waals surface area contributed by atoms with Gasteiger partial charge in [0.25, 0.3) is 0 Å². The molecule has 2 atom stereocenters. The fourth-order valence-electron chi connectivity index (χ4n) is 2.45. The first-order valence-corrected chi connectivity index (χ1v) is 6.10. The van der Waals surface area contributed by atoms with Crippen molar-refractivity contribution < 1.29 is 9.59 Å². The number of carbonyl (C=O) groups excluding carboxylic acids is 2. The molecule has 2 N–H and O–H groups in total. The number of aromatic nitrogens is 1. The Labute approximate surface area is 110 Å². The molecule has 6 heteroatoms. The van der Waals surface area contributed by atoms with Crippen LogP contribution in [0.15, 0.2) is 23.1 Å². The fourth-order valence-corrected chi connectivity index (χ4v) is 2.45. The van der Waals surface area contributed by atoms with E-state index in [4.69, 9.17) is 0 Å². The first-order chi connectivity index (χ1) is 8.97. The summed E-state index contributed by atoms with van der Waals surface area (Å²) in [6, 6.07) is 2.86. The molecule has 1 saturated heterocycles. The van der Waals surface area contributed by atoms with Crippen molar-refractivity contribution in [2.24, 2.45) is 0 Å². The number of pyridine rings is 1. The molecule has 19 heavy (non-hydrogen) atoms. The van der Waals surface area contributed by atoms with Gasteiger partial charge >= 0.3 is 0 Å². The van der Waals surface area contributed by atoms with Gasteiger partial charge in [-0.05, 0) is 32.0 Å². The average molecular weight is 263 g/mol. The van der Waals surface area contributed by atoms with Gasteiger partial charge in [0.1, 0.15) is 0 Å². The lowest BCUT2D eigenvalue weighted by atomic mass is 9.82. The minimum absolute atomic E-state index is 0.177. The van der Waals surface area contributed by atoms with Crippen LogP contribution in [0.25, 0.3) is 0 Å². The normalized spacial score (nSPS) is 28.0. The predicted octanol–water partition coefficient (Wildman–Crippen LogP) is -0.391. The third-order valence-corrected chi connectivity index (χ3v) is 3.88. The number of Topliss-reactive ketones (excluding diaryl/α,β-unsaturated/α-hetero) is 1. The molecule has 1 aromatic heterocycles. The smallest absolute Gasteiger partial charge is 0.248 e. The van der Waals surface area contributed by atoms with Crippen molar-refractivity contribution in [2.75, 3.05) is 13.7 Å². The molecule has 2 unspecified atom stereocenters. The Hall–Kier alpha value is -1.79. The number of hydrogen-bond acceptors (Lipinski definition) is 5. The van der Waals surface area contributed by atoms with Gasteiger partial charge in [-0.15, -0.1) is 0 Å². The highest BCUT2D eigenvalue weighted by molar-refractivity contribution is 6.27. The zero-order valence-electron chi connectivity index (χ0n) is 11.0. The molecule has 0 radical (unpaired) electrons. The van der Waals surface area contributed by atoms with Gasteiger partial charge in [0.2, 0.25) is 11.3 Å². The SMILES string of the molecule is CN1CNC(C(=O)C=O)CC1(C)c1cc[nH]c(=O)c1. The minimum Gasteiger partial charge on any atom is -0.329 e. The number of carbonyl (C=O) groups is 2. The molecule has 0 bridgehead atoms. The van der Waals surface area contributed by atoms with Gasteiger partial charge < -0.3 is 4.98 Å². The van der Waals surface area contributed by atoms with Gasteiger partial charge in [-0.25, -0.2) is 0 Å². The lowest BCUT2D eigenvalue weighted by molar-refractivity contribution is -0.133. The maximum atomic E-state index is 11.5. The second-order valence-corrected chi connectivity index (χ2v) is 5.05. The van der Waals surface area contributed by atoms with E-state index in [1.807, 2.05) is 24.9 Å². The number of rotatable bonds is 3. The van der Waals surface area contributed by atoms with E-state index < -0.39 is 17.4 Å². The molecule has 1 fully saturated rings. The zero-order chi connectivity index (χ0) is 14.0. The van der Waals surface area contributed by atoms with Crippen molar-refractivity contribution in [1.82, 2.24) is 15.2 Å². The molecule has 1 aromatic rings. The molecule has 1 aliphatic heterocycles. The average Bonchev–Trinajstić information content (AvgIpc) is 2.41. The van der Waals surface area contributed by atoms with E-state index in [0.717, 1.165) is 5.56 Å². The third-order valence-electron chi connectivity index (χ3n) is 3.88. The molecule has 2 rings (SSSR count). The van der Waals surface area contributed by atoms with Gasteiger partial charge in [-0.2, -0.15) is 0 Å². The number of nitrogens with zero attached hydrogens (tertiary/aromatic N) is 1. The lowest BCUT2D eigenvalue weighted by Gasteiger charge is -2.45. The maximum absolute atomic E-state index is 11.5. The summed E-state index contributed by atoms with van der Waals surface area (Å²) >= 11 is 0. The highest BCUT2D eigenvalue weighted by atomic mass is 16.2. The van der Waals surface area contributed by atoms with E-state index in [0.29, 0.717) is 19.4 Å². The van der Waals surface area contributed by atoms with Crippen LogP contribution in [-0.2, 0) is 15.1 Å². The Morgan fingerprint density at radius 3 is 2.95 bits per heavy atom. The van der Waals surface area contributed by atoms with Crippen LogP contribution in [0.2, 0.25) is 0 Å². The standard InChI is InChI=1S/C13H17N3O3/c1-13(9-3-4-14-12(19)5-9)6-10(11(18)7-17)15-8-16(13)2/h3-5,7,10,15H,6,8H2,1-2H3,(H,14,19). The summed E-state index contributed by atoms with van der Waals surface area (Å²) in [4.78, 5) is 38.2. The van der Waals surface area contributed by atoms with Crippen molar-refractivity contribution in [3.63, 3.8) is 0 Å². The minimum atomic E-state index is -0.502. The molecular weight excluding hydrogens is 246 g/mol. The molecule has 0 spiro atoms. The number of ketones is 1. The molecule has 2 heterocycles.